The van der Waals surface area contributed by atoms with Gasteiger partial charge in [0.2, 0.25) is 0 Å². The molecule has 8 nitrogen and oxygen atoms in total. The minimum atomic E-state index is -0.227. The summed E-state index contributed by atoms with van der Waals surface area (Å²) in [7, 11) is 1.65. The van der Waals surface area contributed by atoms with E-state index >= 15 is 0 Å². The molecule has 1 N–H and O–H groups in total. The molecule has 24 heavy (non-hydrogen) atoms. The van der Waals surface area contributed by atoms with Gasteiger partial charge in [-0.25, -0.2) is 9.97 Å². The number of rotatable bonds is 3. The number of ether oxygens (including phenoxy) is 1. The van der Waals surface area contributed by atoms with Gasteiger partial charge in [0.05, 0.1) is 29.2 Å². The van der Waals surface area contributed by atoms with Crippen LogP contribution in [-0.2, 0) is 4.74 Å². The maximum atomic E-state index is 13.1. The summed E-state index contributed by atoms with van der Waals surface area (Å²) in [6.07, 6.45) is 0.620. The Morgan fingerprint density at radius 2 is 1.83 bits per heavy atom. The lowest BCUT2D eigenvalue weighted by atomic mass is 10.1. The SMILES string of the molecule is CO[C@@H]1C[C@@H](c2n[nH]c(C)n2)N(C(=O)c2nc(C)c(C)nc2C)C1. The van der Waals surface area contributed by atoms with Crippen molar-refractivity contribution >= 4 is 5.91 Å². The highest BCUT2D eigenvalue weighted by Gasteiger charge is 2.39. The lowest BCUT2D eigenvalue weighted by Crippen LogP contribution is -2.34. The van der Waals surface area contributed by atoms with E-state index in [2.05, 4.69) is 25.1 Å². The number of aryl methyl sites for hydroxylation is 4. The smallest absolute Gasteiger partial charge is 0.275 e. The van der Waals surface area contributed by atoms with Gasteiger partial charge in [0.1, 0.15) is 11.5 Å². The summed E-state index contributed by atoms with van der Waals surface area (Å²) in [6.45, 7) is 7.88. The van der Waals surface area contributed by atoms with Gasteiger partial charge in [-0.2, -0.15) is 5.10 Å². The van der Waals surface area contributed by atoms with Crippen molar-refractivity contribution in [3.63, 3.8) is 0 Å². The van der Waals surface area contributed by atoms with Gasteiger partial charge in [0.15, 0.2) is 5.82 Å². The summed E-state index contributed by atoms with van der Waals surface area (Å²) in [5.74, 6) is 1.17. The average molecular weight is 330 g/mol. The van der Waals surface area contributed by atoms with Gasteiger partial charge < -0.3 is 9.64 Å². The van der Waals surface area contributed by atoms with Crippen LogP contribution < -0.4 is 0 Å². The maximum Gasteiger partial charge on any atom is 0.275 e. The van der Waals surface area contributed by atoms with Gasteiger partial charge >= 0.3 is 0 Å². The van der Waals surface area contributed by atoms with Gasteiger partial charge in [-0.05, 0) is 27.7 Å². The maximum absolute atomic E-state index is 13.1. The summed E-state index contributed by atoms with van der Waals surface area (Å²) in [5.41, 5.74) is 2.61. The van der Waals surface area contributed by atoms with Gasteiger partial charge in [-0.15, -0.1) is 0 Å². The van der Waals surface area contributed by atoms with E-state index in [0.717, 1.165) is 17.2 Å². The van der Waals surface area contributed by atoms with Gasteiger partial charge in [-0.3, -0.25) is 14.9 Å². The van der Waals surface area contributed by atoms with Gasteiger partial charge in [0.25, 0.3) is 5.91 Å². The first kappa shape index (κ1) is 16.5. The van der Waals surface area contributed by atoms with Crippen LogP contribution in [0.1, 0.15) is 51.7 Å². The molecular formula is C16H22N6O2. The van der Waals surface area contributed by atoms with Crippen LogP contribution in [0.15, 0.2) is 0 Å². The summed E-state index contributed by atoms with van der Waals surface area (Å²) >= 11 is 0. The predicted octanol–water partition coefficient (Wildman–Crippen LogP) is 1.43. The molecule has 3 heterocycles. The number of H-pyrrole nitrogens is 1. The van der Waals surface area contributed by atoms with Crippen molar-refractivity contribution < 1.29 is 9.53 Å². The van der Waals surface area contributed by atoms with Crippen molar-refractivity contribution in [3.05, 3.63) is 34.4 Å². The van der Waals surface area contributed by atoms with Crippen LogP contribution in [-0.4, -0.2) is 55.7 Å². The number of likely N-dealkylation sites (tertiary alicyclic amines) is 1. The topological polar surface area (TPSA) is 96.9 Å². The third-order valence-electron chi connectivity index (χ3n) is 4.45. The molecule has 2 aromatic heterocycles. The van der Waals surface area contributed by atoms with Crippen molar-refractivity contribution in [2.45, 2.75) is 46.3 Å². The number of aromatic nitrogens is 5. The monoisotopic (exact) mass is 330 g/mol. The number of nitrogens with one attached hydrogen (secondary N) is 1. The highest BCUT2D eigenvalue weighted by atomic mass is 16.5. The van der Waals surface area contributed by atoms with Crippen molar-refractivity contribution in [1.82, 2.24) is 30.0 Å². The second-order valence-corrected chi connectivity index (χ2v) is 6.17. The predicted molar refractivity (Wildman–Crippen MR) is 86.6 cm³/mol. The van der Waals surface area contributed by atoms with Crippen LogP contribution in [0.25, 0.3) is 0 Å². The molecule has 0 aliphatic carbocycles. The first-order valence-corrected chi connectivity index (χ1v) is 7.95. The highest BCUT2D eigenvalue weighted by Crippen LogP contribution is 2.32. The second-order valence-electron chi connectivity index (χ2n) is 6.17. The number of carbonyl (C=O) groups excluding carboxylic acids is 1. The van der Waals surface area contributed by atoms with Crippen LogP contribution in [0, 0.1) is 27.7 Å². The molecule has 1 amide bonds. The molecule has 0 spiro atoms. The molecule has 3 rings (SSSR count). The van der Waals surface area contributed by atoms with Crippen molar-refractivity contribution in [2.24, 2.45) is 0 Å². The third-order valence-corrected chi connectivity index (χ3v) is 4.45. The Hall–Kier alpha value is -2.35. The number of hydrogen-bond acceptors (Lipinski definition) is 6. The lowest BCUT2D eigenvalue weighted by molar-refractivity contribution is 0.0677. The van der Waals surface area contributed by atoms with Crippen molar-refractivity contribution in [3.8, 4) is 0 Å². The van der Waals surface area contributed by atoms with Crippen LogP contribution in [0.3, 0.4) is 0 Å². The van der Waals surface area contributed by atoms with E-state index in [1.165, 1.54) is 0 Å². The Kier molecular flexibility index (Phi) is 4.31. The molecule has 0 bridgehead atoms. The second kappa shape index (κ2) is 6.27. The molecule has 128 valence electrons. The quantitative estimate of drug-likeness (QED) is 0.914. The van der Waals surface area contributed by atoms with Gasteiger partial charge in [0, 0.05) is 20.1 Å². The Balaban J connectivity index is 1.96. The Morgan fingerprint density at radius 1 is 1.12 bits per heavy atom. The zero-order valence-corrected chi connectivity index (χ0v) is 14.6. The molecule has 2 atom stereocenters. The van der Waals surface area contributed by atoms with E-state index < -0.39 is 0 Å². The molecule has 2 aromatic rings. The van der Waals surface area contributed by atoms with E-state index in [1.807, 2.05) is 27.7 Å². The first-order chi connectivity index (χ1) is 11.4. The molecule has 0 radical (unpaired) electrons. The van der Waals surface area contributed by atoms with Crippen LogP contribution in [0.2, 0.25) is 0 Å². The Bertz CT molecular complexity index is 772. The molecule has 8 heteroatoms. The Labute approximate surface area is 140 Å². The van der Waals surface area contributed by atoms with Crippen LogP contribution in [0.5, 0.6) is 0 Å². The molecule has 0 saturated carbocycles. The summed E-state index contributed by atoms with van der Waals surface area (Å²) in [4.78, 5) is 28.1. The first-order valence-electron chi connectivity index (χ1n) is 7.95. The normalized spacial score (nSPS) is 20.6. The summed E-state index contributed by atoms with van der Waals surface area (Å²) in [5, 5.41) is 7.06. The lowest BCUT2D eigenvalue weighted by Gasteiger charge is -2.22. The van der Waals surface area contributed by atoms with E-state index in [1.54, 1.807) is 12.0 Å². The van der Waals surface area contributed by atoms with Crippen molar-refractivity contribution in [1.29, 1.82) is 0 Å². The fourth-order valence-electron chi connectivity index (χ4n) is 3.00. The summed E-state index contributed by atoms with van der Waals surface area (Å²) in [6, 6.07) is -0.227. The van der Waals surface area contributed by atoms with Crippen LogP contribution >= 0.6 is 0 Å². The number of hydrogen-bond donors (Lipinski definition) is 1. The number of nitrogens with zero attached hydrogens (tertiary/aromatic N) is 5. The Morgan fingerprint density at radius 3 is 2.46 bits per heavy atom. The fraction of sp³-hybridized carbons (Fsp3) is 0.562. The summed E-state index contributed by atoms with van der Waals surface area (Å²) < 4.78 is 5.46. The molecule has 0 aromatic carbocycles. The van der Waals surface area contributed by atoms with Crippen LogP contribution in [0.4, 0.5) is 0 Å². The van der Waals surface area contributed by atoms with E-state index in [-0.39, 0.29) is 18.1 Å². The molecule has 0 unspecified atom stereocenters. The number of carbonyl (C=O) groups is 1. The van der Waals surface area contributed by atoms with Gasteiger partial charge in [-0.1, -0.05) is 0 Å². The zero-order valence-electron chi connectivity index (χ0n) is 14.6. The highest BCUT2D eigenvalue weighted by molar-refractivity contribution is 5.93. The zero-order chi connectivity index (χ0) is 17.4. The van der Waals surface area contributed by atoms with E-state index in [4.69, 9.17) is 4.74 Å². The van der Waals surface area contributed by atoms with E-state index in [0.29, 0.717) is 30.2 Å². The van der Waals surface area contributed by atoms with Crippen molar-refractivity contribution in [2.75, 3.05) is 13.7 Å². The fourth-order valence-corrected chi connectivity index (χ4v) is 3.00. The molecule has 1 fully saturated rings. The standard InChI is InChI=1S/C16H22N6O2/c1-8-9(2)18-14(10(3)17-8)16(23)22-7-12(24-5)6-13(22)15-19-11(4)20-21-15/h12-13H,6-7H2,1-5H3,(H,19,20,21)/t12-,13+/m1/s1. The third kappa shape index (κ3) is 2.89. The molecular weight excluding hydrogens is 308 g/mol. The minimum Gasteiger partial charge on any atom is -0.380 e. The average Bonchev–Trinajstić information content (AvgIpc) is 3.16. The number of aromatic amines is 1. The largest absolute Gasteiger partial charge is 0.380 e. The molecule has 1 saturated heterocycles. The van der Waals surface area contributed by atoms with E-state index in [9.17, 15) is 4.79 Å². The molecule has 1 aliphatic rings. The minimum absolute atomic E-state index is 0.0439. The number of amides is 1. The number of methoxy groups -OCH3 is 1. The molecule has 1 aliphatic heterocycles.